The minimum atomic E-state index is -1.11. The van der Waals surface area contributed by atoms with Crippen molar-refractivity contribution in [1.29, 1.82) is 0 Å². The van der Waals surface area contributed by atoms with Gasteiger partial charge in [-0.15, -0.1) is 0 Å². The molecule has 7 nitrogen and oxygen atoms in total. The number of hydrogen-bond acceptors (Lipinski definition) is 4. The number of amides is 1. The maximum atomic E-state index is 12.3. The first kappa shape index (κ1) is 17.3. The second-order valence-electron chi connectivity index (χ2n) is 5.08. The smallest absolute Gasteiger partial charge is 0.412 e. The molecule has 126 valence electrons. The number of carboxylic acids is 1. The lowest BCUT2D eigenvalue weighted by molar-refractivity contribution is -0.141. The van der Waals surface area contributed by atoms with Crippen molar-refractivity contribution in [3.8, 4) is 0 Å². The van der Waals surface area contributed by atoms with Gasteiger partial charge in [0.05, 0.1) is 0 Å². The molecule has 0 saturated carbocycles. The summed E-state index contributed by atoms with van der Waals surface area (Å²) in [6, 6.07) is 11.0. The molecule has 2 N–H and O–H groups in total. The third-order valence-electron chi connectivity index (χ3n) is 3.43. The SMILES string of the molecule is CCC(C(=O)O)n1cccc(NC(=O)OCc2ccccc2)c1=O. The Labute approximate surface area is 138 Å². The Kier molecular flexibility index (Phi) is 5.73. The Balaban J connectivity index is 2.08. The number of nitrogens with zero attached hydrogens (tertiary/aromatic N) is 1. The van der Waals surface area contributed by atoms with Crippen LogP contribution in [0.4, 0.5) is 10.5 Å². The van der Waals surface area contributed by atoms with Gasteiger partial charge in [0.2, 0.25) is 0 Å². The molecule has 0 aliphatic heterocycles. The van der Waals surface area contributed by atoms with Crippen LogP contribution < -0.4 is 10.9 Å². The summed E-state index contributed by atoms with van der Waals surface area (Å²) in [5.41, 5.74) is 0.189. The number of anilines is 1. The first-order valence-corrected chi connectivity index (χ1v) is 7.44. The van der Waals surface area contributed by atoms with Gasteiger partial charge in [-0.3, -0.25) is 14.7 Å². The predicted octanol–water partition coefficient (Wildman–Crippen LogP) is 2.63. The van der Waals surface area contributed by atoms with E-state index in [1.54, 1.807) is 6.92 Å². The van der Waals surface area contributed by atoms with Crippen LogP contribution >= 0.6 is 0 Å². The molecule has 1 amide bonds. The van der Waals surface area contributed by atoms with E-state index >= 15 is 0 Å². The van der Waals surface area contributed by atoms with Crippen molar-refractivity contribution in [2.45, 2.75) is 26.0 Å². The maximum Gasteiger partial charge on any atom is 0.412 e. The maximum absolute atomic E-state index is 12.3. The standard InChI is InChI=1S/C17H18N2O5/c1-2-14(16(21)22)19-10-6-9-13(15(19)20)18-17(23)24-11-12-7-4-3-5-8-12/h3-10,14H,2,11H2,1H3,(H,18,23)(H,21,22). The van der Waals surface area contributed by atoms with Gasteiger partial charge in [0.1, 0.15) is 18.3 Å². The highest BCUT2D eigenvalue weighted by atomic mass is 16.5. The average Bonchev–Trinajstić information content (AvgIpc) is 2.57. The lowest BCUT2D eigenvalue weighted by atomic mass is 10.2. The molecule has 1 aromatic heterocycles. The number of aliphatic carboxylic acids is 1. The zero-order chi connectivity index (χ0) is 17.5. The molecule has 0 saturated heterocycles. The summed E-state index contributed by atoms with van der Waals surface area (Å²) in [4.78, 5) is 35.3. The minimum Gasteiger partial charge on any atom is -0.480 e. The average molecular weight is 330 g/mol. The fourth-order valence-corrected chi connectivity index (χ4v) is 2.21. The van der Waals surface area contributed by atoms with Crippen molar-refractivity contribution in [2.75, 3.05) is 5.32 Å². The number of benzene rings is 1. The number of carboxylic acid groups (broad SMARTS) is 1. The number of carbonyl (C=O) groups excluding carboxylic acids is 1. The number of ether oxygens (including phenoxy) is 1. The van der Waals surface area contributed by atoms with Gasteiger partial charge in [-0.2, -0.15) is 0 Å². The molecule has 24 heavy (non-hydrogen) atoms. The molecule has 1 heterocycles. The van der Waals surface area contributed by atoms with E-state index in [1.807, 2.05) is 30.3 Å². The third kappa shape index (κ3) is 4.22. The molecular weight excluding hydrogens is 312 g/mol. The summed E-state index contributed by atoms with van der Waals surface area (Å²) < 4.78 is 6.13. The highest BCUT2D eigenvalue weighted by Gasteiger charge is 2.19. The topological polar surface area (TPSA) is 97.6 Å². The van der Waals surface area contributed by atoms with Gasteiger partial charge in [0.15, 0.2) is 0 Å². The third-order valence-corrected chi connectivity index (χ3v) is 3.43. The Morgan fingerprint density at radius 2 is 1.92 bits per heavy atom. The highest BCUT2D eigenvalue weighted by molar-refractivity contribution is 5.84. The van der Waals surface area contributed by atoms with Crippen molar-refractivity contribution >= 4 is 17.7 Å². The summed E-state index contributed by atoms with van der Waals surface area (Å²) in [5.74, 6) is -1.11. The fraction of sp³-hybridized carbons (Fsp3) is 0.235. The second kappa shape index (κ2) is 7.96. The van der Waals surface area contributed by atoms with E-state index < -0.39 is 23.7 Å². The van der Waals surface area contributed by atoms with E-state index in [2.05, 4.69) is 5.32 Å². The van der Waals surface area contributed by atoms with Gasteiger partial charge in [0, 0.05) is 6.20 Å². The molecule has 1 unspecified atom stereocenters. The van der Waals surface area contributed by atoms with Crippen LogP contribution in [0.3, 0.4) is 0 Å². The number of hydrogen-bond donors (Lipinski definition) is 2. The van der Waals surface area contributed by atoms with Gasteiger partial charge in [0.25, 0.3) is 5.56 Å². The van der Waals surface area contributed by atoms with Crippen molar-refractivity contribution < 1.29 is 19.4 Å². The van der Waals surface area contributed by atoms with Crippen LogP contribution in [0.2, 0.25) is 0 Å². The summed E-state index contributed by atoms with van der Waals surface area (Å²) in [6.07, 6.45) is 0.847. The first-order valence-electron chi connectivity index (χ1n) is 7.44. The first-order chi connectivity index (χ1) is 11.5. The van der Waals surface area contributed by atoms with Gasteiger partial charge in [-0.05, 0) is 24.1 Å². The molecule has 0 aliphatic carbocycles. The molecule has 2 aromatic rings. The molecule has 7 heteroatoms. The molecule has 0 spiro atoms. The molecule has 0 fully saturated rings. The quantitative estimate of drug-likeness (QED) is 0.848. The number of carbonyl (C=O) groups is 2. The Morgan fingerprint density at radius 3 is 2.54 bits per heavy atom. The zero-order valence-electron chi connectivity index (χ0n) is 13.1. The minimum absolute atomic E-state index is 0.0322. The number of pyridine rings is 1. The highest BCUT2D eigenvalue weighted by Crippen LogP contribution is 2.11. The fourth-order valence-electron chi connectivity index (χ4n) is 2.21. The van der Waals surface area contributed by atoms with Crippen LogP contribution in [0.25, 0.3) is 0 Å². The van der Waals surface area contributed by atoms with E-state index in [-0.39, 0.29) is 18.7 Å². The second-order valence-corrected chi connectivity index (χ2v) is 5.08. The van der Waals surface area contributed by atoms with Crippen LogP contribution in [0.15, 0.2) is 53.5 Å². The van der Waals surface area contributed by atoms with E-state index in [9.17, 15) is 14.4 Å². The van der Waals surface area contributed by atoms with Crippen LogP contribution in [0, 0.1) is 0 Å². The number of nitrogens with one attached hydrogen (secondary N) is 1. The van der Waals surface area contributed by atoms with Crippen molar-refractivity contribution in [3.63, 3.8) is 0 Å². The van der Waals surface area contributed by atoms with Crippen LogP contribution in [0.5, 0.6) is 0 Å². The predicted molar refractivity (Wildman–Crippen MR) is 87.9 cm³/mol. The van der Waals surface area contributed by atoms with Crippen LogP contribution in [-0.4, -0.2) is 21.7 Å². The molecule has 0 aliphatic rings. The van der Waals surface area contributed by atoms with Gasteiger partial charge < -0.3 is 9.84 Å². The van der Waals surface area contributed by atoms with Crippen molar-refractivity contribution in [2.24, 2.45) is 0 Å². The van der Waals surface area contributed by atoms with E-state index in [0.717, 1.165) is 10.1 Å². The molecule has 1 atom stereocenters. The van der Waals surface area contributed by atoms with Gasteiger partial charge in [-0.25, -0.2) is 9.59 Å². The van der Waals surface area contributed by atoms with E-state index in [4.69, 9.17) is 9.84 Å². The summed E-state index contributed by atoms with van der Waals surface area (Å²) >= 11 is 0. The molecule has 0 radical (unpaired) electrons. The van der Waals surface area contributed by atoms with E-state index in [0.29, 0.717) is 0 Å². The van der Waals surface area contributed by atoms with Crippen molar-refractivity contribution in [1.82, 2.24) is 4.57 Å². The normalized spacial score (nSPS) is 11.5. The number of rotatable bonds is 6. The Bertz CT molecular complexity index is 770. The van der Waals surface area contributed by atoms with E-state index in [1.165, 1.54) is 18.3 Å². The summed E-state index contributed by atoms with van der Waals surface area (Å²) in [7, 11) is 0. The van der Waals surface area contributed by atoms with Gasteiger partial charge in [-0.1, -0.05) is 37.3 Å². The largest absolute Gasteiger partial charge is 0.480 e. The molecule has 1 aromatic carbocycles. The molecular formula is C17H18N2O5. The van der Waals surface area contributed by atoms with Crippen molar-refractivity contribution in [3.05, 3.63) is 64.6 Å². The van der Waals surface area contributed by atoms with Crippen LogP contribution in [-0.2, 0) is 16.1 Å². The number of aromatic nitrogens is 1. The summed E-state index contributed by atoms with van der Waals surface area (Å²) in [6.45, 7) is 1.74. The Hall–Kier alpha value is -3.09. The monoisotopic (exact) mass is 330 g/mol. The van der Waals surface area contributed by atoms with Gasteiger partial charge >= 0.3 is 12.1 Å². The Morgan fingerprint density at radius 1 is 1.21 bits per heavy atom. The molecule has 0 bridgehead atoms. The lowest BCUT2D eigenvalue weighted by Gasteiger charge is -2.15. The summed E-state index contributed by atoms with van der Waals surface area (Å²) in [5, 5.41) is 11.5. The zero-order valence-corrected chi connectivity index (χ0v) is 13.1. The molecule has 2 rings (SSSR count). The lowest BCUT2D eigenvalue weighted by Crippen LogP contribution is -2.31. The van der Waals surface area contributed by atoms with Crippen LogP contribution in [0.1, 0.15) is 24.9 Å².